The summed E-state index contributed by atoms with van der Waals surface area (Å²) < 4.78 is 1.26. The van der Waals surface area contributed by atoms with Crippen LogP contribution in [0.4, 0.5) is 5.69 Å². The minimum absolute atomic E-state index is 0.818. The number of nitrogens with one attached hydrogen (secondary N) is 1. The molecule has 1 atom stereocenters. The Morgan fingerprint density at radius 1 is 1.33 bits per heavy atom. The predicted molar refractivity (Wildman–Crippen MR) is 80.2 cm³/mol. The summed E-state index contributed by atoms with van der Waals surface area (Å²) >= 11 is 3.73. The number of nitrogens with zero attached hydrogens (tertiary/aromatic N) is 1. The second-order valence-corrected chi connectivity index (χ2v) is 6.48. The number of benzene rings is 1. The lowest BCUT2D eigenvalue weighted by Crippen LogP contribution is -2.27. The molecule has 1 aromatic carbocycles. The van der Waals surface area contributed by atoms with Crippen LogP contribution in [0.5, 0.6) is 0 Å². The van der Waals surface area contributed by atoms with Gasteiger partial charge in [-0.15, -0.1) is 0 Å². The van der Waals surface area contributed by atoms with Gasteiger partial charge in [0.1, 0.15) is 0 Å². The summed E-state index contributed by atoms with van der Waals surface area (Å²) in [6.45, 7) is 5.75. The van der Waals surface area contributed by atoms with Crippen LogP contribution in [0.1, 0.15) is 24.8 Å². The first-order valence-electron chi connectivity index (χ1n) is 6.97. The molecule has 0 radical (unpaired) electrons. The maximum atomic E-state index is 3.73. The normalized spacial score (nSPS) is 23.7. The second-order valence-electron chi connectivity index (χ2n) is 5.69. The average Bonchev–Trinajstić information content (AvgIpc) is 3.08. The molecule has 1 aliphatic carbocycles. The highest BCUT2D eigenvalue weighted by atomic mass is 79.9. The molecule has 2 nitrogen and oxygen atoms in total. The zero-order chi connectivity index (χ0) is 12.5. The largest absolute Gasteiger partial charge is 0.370 e. The SMILES string of the molecule is Cc1cccc(N2CCC(CNC3CC3)C2)c1Br. The number of aryl methyl sites for hydroxylation is 1. The van der Waals surface area contributed by atoms with E-state index in [4.69, 9.17) is 0 Å². The Labute approximate surface area is 118 Å². The van der Waals surface area contributed by atoms with Gasteiger partial charge in [-0.05, 0) is 66.2 Å². The van der Waals surface area contributed by atoms with E-state index in [0.29, 0.717) is 0 Å². The van der Waals surface area contributed by atoms with Crippen molar-refractivity contribution in [2.45, 2.75) is 32.2 Å². The van der Waals surface area contributed by atoms with Crippen LogP contribution in [-0.4, -0.2) is 25.7 Å². The Morgan fingerprint density at radius 2 is 2.17 bits per heavy atom. The molecule has 1 N–H and O–H groups in total. The van der Waals surface area contributed by atoms with E-state index < -0.39 is 0 Å². The van der Waals surface area contributed by atoms with Gasteiger partial charge in [0.15, 0.2) is 0 Å². The van der Waals surface area contributed by atoms with Crippen LogP contribution in [0.2, 0.25) is 0 Å². The summed E-state index contributed by atoms with van der Waals surface area (Å²) in [6.07, 6.45) is 4.10. The lowest BCUT2D eigenvalue weighted by Gasteiger charge is -2.21. The summed E-state index contributed by atoms with van der Waals surface area (Å²) in [5, 5.41) is 3.66. The van der Waals surface area contributed by atoms with Crippen LogP contribution >= 0.6 is 15.9 Å². The van der Waals surface area contributed by atoms with Crippen molar-refractivity contribution >= 4 is 21.6 Å². The van der Waals surface area contributed by atoms with Crippen molar-refractivity contribution in [3.63, 3.8) is 0 Å². The van der Waals surface area contributed by atoms with E-state index in [2.05, 4.69) is 51.3 Å². The number of anilines is 1. The second kappa shape index (κ2) is 5.22. The zero-order valence-electron chi connectivity index (χ0n) is 11.0. The number of rotatable bonds is 4. The van der Waals surface area contributed by atoms with E-state index >= 15 is 0 Å². The zero-order valence-corrected chi connectivity index (χ0v) is 12.5. The first-order valence-corrected chi connectivity index (χ1v) is 7.77. The number of halogens is 1. The Kier molecular flexibility index (Phi) is 3.62. The van der Waals surface area contributed by atoms with Crippen LogP contribution in [0.15, 0.2) is 22.7 Å². The Morgan fingerprint density at radius 3 is 2.94 bits per heavy atom. The third-order valence-corrected chi connectivity index (χ3v) is 5.10. The van der Waals surface area contributed by atoms with Crippen molar-refractivity contribution in [3.05, 3.63) is 28.2 Å². The Balaban J connectivity index is 1.61. The fraction of sp³-hybridized carbons (Fsp3) is 0.600. The minimum atomic E-state index is 0.818. The highest BCUT2D eigenvalue weighted by molar-refractivity contribution is 9.10. The van der Waals surface area contributed by atoms with Crippen molar-refractivity contribution in [3.8, 4) is 0 Å². The molecule has 0 bridgehead atoms. The predicted octanol–water partition coefficient (Wildman–Crippen LogP) is 3.34. The van der Waals surface area contributed by atoms with Crippen molar-refractivity contribution in [2.24, 2.45) is 5.92 Å². The molecule has 0 aromatic heterocycles. The van der Waals surface area contributed by atoms with Gasteiger partial charge in [0.25, 0.3) is 0 Å². The van der Waals surface area contributed by atoms with Gasteiger partial charge in [-0.2, -0.15) is 0 Å². The molecule has 3 rings (SSSR count). The van der Waals surface area contributed by atoms with Gasteiger partial charge in [-0.1, -0.05) is 12.1 Å². The molecule has 2 aliphatic rings. The molecule has 1 aromatic rings. The van der Waals surface area contributed by atoms with Gasteiger partial charge in [0.2, 0.25) is 0 Å². The van der Waals surface area contributed by atoms with Crippen LogP contribution in [-0.2, 0) is 0 Å². The standard InChI is InChI=1S/C15H21BrN2/c1-11-3-2-4-14(15(11)16)18-8-7-12(10-18)9-17-13-5-6-13/h2-4,12-13,17H,5-10H2,1H3. The molecule has 18 heavy (non-hydrogen) atoms. The van der Waals surface area contributed by atoms with Crippen LogP contribution in [0.25, 0.3) is 0 Å². The molecule has 0 spiro atoms. The lowest BCUT2D eigenvalue weighted by atomic mass is 10.1. The molecular formula is C15H21BrN2. The van der Waals surface area contributed by atoms with Gasteiger partial charge in [-0.3, -0.25) is 0 Å². The smallest absolute Gasteiger partial charge is 0.0513 e. The van der Waals surface area contributed by atoms with Gasteiger partial charge in [0.05, 0.1) is 5.69 Å². The van der Waals surface area contributed by atoms with Gasteiger partial charge < -0.3 is 10.2 Å². The molecule has 1 saturated carbocycles. The molecule has 1 unspecified atom stereocenters. The van der Waals surface area contributed by atoms with Crippen molar-refractivity contribution in [1.82, 2.24) is 5.32 Å². The van der Waals surface area contributed by atoms with Crippen molar-refractivity contribution in [2.75, 3.05) is 24.5 Å². The van der Waals surface area contributed by atoms with Crippen molar-refractivity contribution in [1.29, 1.82) is 0 Å². The highest BCUT2D eigenvalue weighted by Gasteiger charge is 2.27. The Bertz CT molecular complexity index is 429. The summed E-state index contributed by atoms with van der Waals surface area (Å²) in [5.74, 6) is 0.818. The maximum absolute atomic E-state index is 3.73. The summed E-state index contributed by atoms with van der Waals surface area (Å²) in [4.78, 5) is 2.52. The topological polar surface area (TPSA) is 15.3 Å². The third kappa shape index (κ3) is 2.72. The molecule has 1 heterocycles. The minimum Gasteiger partial charge on any atom is -0.370 e. The number of hydrogen-bond donors (Lipinski definition) is 1. The van der Waals surface area contributed by atoms with E-state index in [-0.39, 0.29) is 0 Å². The van der Waals surface area contributed by atoms with E-state index in [1.807, 2.05) is 0 Å². The first kappa shape index (κ1) is 12.5. The fourth-order valence-corrected chi connectivity index (χ4v) is 3.23. The van der Waals surface area contributed by atoms with Gasteiger partial charge >= 0.3 is 0 Å². The number of hydrogen-bond acceptors (Lipinski definition) is 2. The lowest BCUT2D eigenvalue weighted by molar-refractivity contribution is 0.515. The Hall–Kier alpha value is -0.540. The van der Waals surface area contributed by atoms with Crippen LogP contribution in [0.3, 0.4) is 0 Å². The summed E-state index contributed by atoms with van der Waals surface area (Å²) in [5.41, 5.74) is 2.69. The van der Waals surface area contributed by atoms with E-state index in [9.17, 15) is 0 Å². The van der Waals surface area contributed by atoms with Gasteiger partial charge in [0, 0.05) is 23.6 Å². The monoisotopic (exact) mass is 308 g/mol. The van der Waals surface area contributed by atoms with Crippen molar-refractivity contribution < 1.29 is 0 Å². The van der Waals surface area contributed by atoms with E-state index in [0.717, 1.165) is 12.0 Å². The van der Waals surface area contributed by atoms with E-state index in [1.165, 1.54) is 54.6 Å². The fourth-order valence-electron chi connectivity index (χ4n) is 2.72. The van der Waals surface area contributed by atoms with E-state index in [1.54, 1.807) is 0 Å². The molecule has 0 amide bonds. The third-order valence-electron chi connectivity index (χ3n) is 4.07. The summed E-state index contributed by atoms with van der Waals surface area (Å²) in [6, 6.07) is 7.39. The van der Waals surface area contributed by atoms with Crippen LogP contribution in [0, 0.1) is 12.8 Å². The molecule has 3 heteroatoms. The highest BCUT2D eigenvalue weighted by Crippen LogP contribution is 2.32. The quantitative estimate of drug-likeness (QED) is 0.918. The summed E-state index contributed by atoms with van der Waals surface area (Å²) in [7, 11) is 0. The van der Waals surface area contributed by atoms with Gasteiger partial charge in [-0.25, -0.2) is 0 Å². The molecule has 1 saturated heterocycles. The maximum Gasteiger partial charge on any atom is 0.0513 e. The molecule has 98 valence electrons. The molecular weight excluding hydrogens is 288 g/mol. The van der Waals surface area contributed by atoms with Crippen LogP contribution < -0.4 is 10.2 Å². The molecule has 1 aliphatic heterocycles. The average molecular weight is 309 g/mol. The first-order chi connectivity index (χ1) is 8.74. The molecule has 2 fully saturated rings.